The molecule has 0 aromatic heterocycles. The highest BCUT2D eigenvalue weighted by molar-refractivity contribution is 7.93. The van der Waals surface area contributed by atoms with Crippen LogP contribution in [0.4, 0.5) is 13.2 Å². The van der Waals surface area contributed by atoms with Gasteiger partial charge in [-0.15, -0.1) is 0 Å². The van der Waals surface area contributed by atoms with Crippen molar-refractivity contribution in [3.8, 4) is 0 Å². The molecule has 0 aliphatic heterocycles. The lowest BCUT2D eigenvalue weighted by Crippen LogP contribution is -2.50. The van der Waals surface area contributed by atoms with Crippen molar-refractivity contribution in [2.24, 2.45) is 0 Å². The third-order valence-corrected chi connectivity index (χ3v) is 8.24. The number of halogens is 4. The zero-order valence-corrected chi connectivity index (χ0v) is 17.8. The van der Waals surface area contributed by atoms with Crippen LogP contribution in [0.5, 0.6) is 0 Å². The maximum absolute atomic E-state index is 13.4. The molecule has 162 valence electrons. The number of carbonyl (C=O) groups is 1. The second kappa shape index (κ2) is 8.23. The van der Waals surface area contributed by atoms with Gasteiger partial charge >= 0.3 is 6.18 Å². The van der Waals surface area contributed by atoms with Crippen molar-refractivity contribution in [3.63, 3.8) is 0 Å². The van der Waals surface area contributed by atoms with E-state index in [-0.39, 0.29) is 24.3 Å². The minimum atomic E-state index is -4.44. The first kappa shape index (κ1) is 22.6. The van der Waals surface area contributed by atoms with Crippen LogP contribution in [0.2, 0.25) is 5.02 Å². The second-order valence-corrected chi connectivity index (χ2v) is 10.2. The Bertz CT molecular complexity index is 1010. The van der Waals surface area contributed by atoms with Crippen LogP contribution < -0.4 is 0 Å². The lowest BCUT2D eigenvalue weighted by Gasteiger charge is -2.32. The van der Waals surface area contributed by atoms with E-state index in [1.807, 2.05) is 0 Å². The van der Waals surface area contributed by atoms with Crippen LogP contribution in [-0.2, 0) is 27.4 Å². The van der Waals surface area contributed by atoms with Crippen molar-refractivity contribution in [2.75, 3.05) is 7.05 Å². The topological polar surface area (TPSA) is 54.5 Å². The fraction of sp³-hybridized carbons (Fsp3) is 0.381. The molecule has 0 bridgehead atoms. The van der Waals surface area contributed by atoms with E-state index in [1.54, 1.807) is 0 Å². The number of sulfone groups is 1. The number of benzene rings is 2. The van der Waals surface area contributed by atoms with Gasteiger partial charge in [0.25, 0.3) is 0 Å². The molecule has 9 heteroatoms. The standard InChI is InChI=1S/C21H21ClF3NO3S/c1-26(14-15-4-6-16(7-5-15)21(23,24)25)19(27)20(12-2-3-13-20)30(28,29)18-10-8-17(22)9-11-18/h4-11H,2-3,12-14H2,1H3. The van der Waals surface area contributed by atoms with Gasteiger partial charge < -0.3 is 4.90 Å². The zero-order chi connectivity index (χ0) is 22.2. The zero-order valence-electron chi connectivity index (χ0n) is 16.2. The molecule has 4 nitrogen and oxygen atoms in total. The summed E-state index contributed by atoms with van der Waals surface area (Å²) in [6, 6.07) is 10.2. The number of nitrogens with zero attached hydrogens (tertiary/aromatic N) is 1. The van der Waals surface area contributed by atoms with Crippen LogP contribution in [0.3, 0.4) is 0 Å². The first-order chi connectivity index (χ1) is 14.0. The van der Waals surface area contributed by atoms with Gasteiger partial charge in [-0.3, -0.25) is 4.79 Å². The van der Waals surface area contributed by atoms with Gasteiger partial charge in [-0.1, -0.05) is 36.6 Å². The van der Waals surface area contributed by atoms with Gasteiger partial charge in [0.05, 0.1) is 10.5 Å². The average molecular weight is 460 g/mol. The Labute approximate surface area is 178 Å². The number of hydrogen-bond acceptors (Lipinski definition) is 3. The molecule has 1 aliphatic carbocycles. The van der Waals surface area contributed by atoms with Crippen LogP contribution in [-0.4, -0.2) is 31.0 Å². The third kappa shape index (κ3) is 4.21. The first-order valence-corrected chi connectivity index (χ1v) is 11.3. The van der Waals surface area contributed by atoms with E-state index in [0.29, 0.717) is 23.4 Å². The summed E-state index contributed by atoms with van der Waals surface area (Å²) in [6.07, 6.45) is -2.83. The van der Waals surface area contributed by atoms with E-state index in [2.05, 4.69) is 0 Å². The molecular formula is C21H21ClF3NO3S. The third-order valence-electron chi connectivity index (χ3n) is 5.49. The Hall–Kier alpha value is -2.06. The number of hydrogen-bond donors (Lipinski definition) is 0. The van der Waals surface area contributed by atoms with Crippen LogP contribution in [0.15, 0.2) is 53.4 Å². The van der Waals surface area contributed by atoms with E-state index < -0.39 is 32.2 Å². The maximum Gasteiger partial charge on any atom is 0.416 e. The van der Waals surface area contributed by atoms with Gasteiger partial charge in [-0.05, 0) is 54.8 Å². The SMILES string of the molecule is CN(Cc1ccc(C(F)(F)F)cc1)C(=O)C1(S(=O)(=O)c2ccc(Cl)cc2)CCCC1. The lowest BCUT2D eigenvalue weighted by molar-refractivity contribution is -0.137. The molecular weight excluding hydrogens is 439 g/mol. The second-order valence-electron chi connectivity index (χ2n) is 7.51. The highest BCUT2D eigenvalue weighted by atomic mass is 35.5. The Morgan fingerprint density at radius 2 is 1.57 bits per heavy atom. The van der Waals surface area contributed by atoms with Gasteiger partial charge in [0.1, 0.15) is 0 Å². The molecule has 1 fully saturated rings. The van der Waals surface area contributed by atoms with Crippen molar-refractivity contribution < 1.29 is 26.4 Å². The van der Waals surface area contributed by atoms with Crippen LogP contribution in [0.25, 0.3) is 0 Å². The highest BCUT2D eigenvalue weighted by Gasteiger charge is 2.54. The predicted molar refractivity (Wildman–Crippen MR) is 108 cm³/mol. The number of alkyl halides is 3. The largest absolute Gasteiger partial charge is 0.416 e. The molecule has 0 atom stereocenters. The first-order valence-electron chi connectivity index (χ1n) is 9.39. The fourth-order valence-corrected chi connectivity index (χ4v) is 6.16. The molecule has 0 saturated heterocycles. The minimum absolute atomic E-state index is 0.00879. The monoisotopic (exact) mass is 459 g/mol. The Kier molecular flexibility index (Phi) is 6.20. The summed E-state index contributed by atoms with van der Waals surface area (Å²) in [4.78, 5) is 14.6. The minimum Gasteiger partial charge on any atom is -0.340 e. The lowest BCUT2D eigenvalue weighted by atomic mass is 10.0. The summed E-state index contributed by atoms with van der Waals surface area (Å²) in [5.74, 6) is -0.546. The van der Waals surface area contributed by atoms with Crippen molar-refractivity contribution in [1.82, 2.24) is 4.90 Å². The normalized spacial score (nSPS) is 16.4. The summed E-state index contributed by atoms with van der Waals surface area (Å²) in [5.41, 5.74) is -0.298. The van der Waals surface area contributed by atoms with E-state index in [0.717, 1.165) is 12.1 Å². The van der Waals surface area contributed by atoms with E-state index in [9.17, 15) is 26.4 Å². The Morgan fingerprint density at radius 1 is 1.03 bits per heavy atom. The molecule has 0 spiro atoms. The smallest absolute Gasteiger partial charge is 0.340 e. The molecule has 0 N–H and O–H groups in total. The quantitative estimate of drug-likeness (QED) is 0.624. The number of rotatable bonds is 5. The van der Waals surface area contributed by atoms with Crippen LogP contribution in [0, 0.1) is 0 Å². The Morgan fingerprint density at radius 3 is 2.07 bits per heavy atom. The van der Waals surface area contributed by atoms with Gasteiger partial charge in [0.2, 0.25) is 5.91 Å². The fourth-order valence-electron chi connectivity index (χ4n) is 3.88. The van der Waals surface area contributed by atoms with Crippen LogP contribution >= 0.6 is 11.6 Å². The van der Waals surface area contributed by atoms with Gasteiger partial charge in [-0.2, -0.15) is 13.2 Å². The molecule has 3 rings (SSSR count). The molecule has 30 heavy (non-hydrogen) atoms. The molecule has 2 aromatic carbocycles. The van der Waals surface area contributed by atoms with Gasteiger partial charge in [-0.25, -0.2) is 8.42 Å². The number of carbonyl (C=O) groups excluding carboxylic acids is 1. The van der Waals surface area contributed by atoms with Gasteiger partial charge in [0.15, 0.2) is 14.6 Å². The molecule has 0 heterocycles. The van der Waals surface area contributed by atoms with E-state index >= 15 is 0 Å². The predicted octanol–water partition coefficient (Wildman–Crippen LogP) is 5.10. The Balaban J connectivity index is 1.87. The van der Waals surface area contributed by atoms with Crippen molar-refractivity contribution >= 4 is 27.3 Å². The van der Waals surface area contributed by atoms with Gasteiger partial charge in [0, 0.05) is 18.6 Å². The summed E-state index contributed by atoms with van der Waals surface area (Å²) in [7, 11) is -2.51. The molecule has 0 unspecified atom stereocenters. The molecule has 1 amide bonds. The summed E-state index contributed by atoms with van der Waals surface area (Å²) >= 11 is 5.86. The maximum atomic E-state index is 13.4. The number of amides is 1. The summed E-state index contributed by atoms with van der Waals surface area (Å²) in [5, 5.41) is 0.389. The van der Waals surface area contributed by atoms with Crippen molar-refractivity contribution in [2.45, 2.75) is 48.0 Å². The molecule has 0 radical (unpaired) electrons. The highest BCUT2D eigenvalue weighted by Crippen LogP contribution is 2.42. The summed E-state index contributed by atoms with van der Waals surface area (Å²) in [6.45, 7) is 0.00879. The van der Waals surface area contributed by atoms with Crippen molar-refractivity contribution in [1.29, 1.82) is 0 Å². The van der Waals surface area contributed by atoms with Crippen LogP contribution in [0.1, 0.15) is 36.8 Å². The molecule has 1 saturated carbocycles. The summed E-state index contributed by atoms with van der Waals surface area (Å²) < 4.78 is 63.5. The molecule has 2 aromatic rings. The van der Waals surface area contributed by atoms with E-state index in [4.69, 9.17) is 11.6 Å². The van der Waals surface area contributed by atoms with E-state index in [1.165, 1.54) is 48.3 Å². The average Bonchev–Trinajstić information content (AvgIpc) is 3.19. The molecule has 1 aliphatic rings. The van der Waals surface area contributed by atoms with Crippen molar-refractivity contribution in [3.05, 3.63) is 64.7 Å².